The first kappa shape index (κ1) is 12.9. The molecule has 3 rings (SSSR count). The lowest BCUT2D eigenvalue weighted by Gasteiger charge is -2.19. The van der Waals surface area contributed by atoms with Crippen molar-refractivity contribution in [3.05, 3.63) is 66.4 Å². The fraction of sp³-hybridized carbons (Fsp3) is 0.211. The van der Waals surface area contributed by atoms with E-state index in [-0.39, 0.29) is 5.41 Å². The maximum absolute atomic E-state index is 4.57. The lowest BCUT2D eigenvalue weighted by atomic mass is 9.86. The predicted molar refractivity (Wildman–Crippen MR) is 85.9 cm³/mol. The van der Waals surface area contributed by atoms with Gasteiger partial charge in [0.05, 0.1) is 5.69 Å². The Bertz CT molecular complexity index is 728. The number of benzene rings is 2. The van der Waals surface area contributed by atoms with Crippen LogP contribution in [0.4, 0.5) is 0 Å². The molecule has 0 saturated carbocycles. The predicted octanol–water partition coefficient (Wildman–Crippen LogP) is 5.20. The van der Waals surface area contributed by atoms with Gasteiger partial charge in [0.1, 0.15) is 0 Å². The zero-order valence-electron chi connectivity index (χ0n) is 12.2. The molecule has 0 spiro atoms. The lowest BCUT2D eigenvalue weighted by molar-refractivity contribution is 0.590. The third kappa shape index (κ3) is 2.32. The molecule has 0 amide bonds. The summed E-state index contributed by atoms with van der Waals surface area (Å²) in [6, 6.07) is 19.2. The van der Waals surface area contributed by atoms with Gasteiger partial charge < -0.3 is 0 Å². The smallest absolute Gasteiger partial charge is 0.0780 e. The minimum Gasteiger partial charge on any atom is -0.256 e. The van der Waals surface area contributed by atoms with Gasteiger partial charge in [-0.1, -0.05) is 69.3 Å². The van der Waals surface area contributed by atoms with Crippen LogP contribution < -0.4 is 0 Å². The van der Waals surface area contributed by atoms with Crippen LogP contribution in [0.1, 0.15) is 26.3 Å². The van der Waals surface area contributed by atoms with E-state index in [1.165, 1.54) is 21.9 Å². The van der Waals surface area contributed by atoms with Gasteiger partial charge in [0.2, 0.25) is 0 Å². The molecule has 0 aliphatic rings. The quantitative estimate of drug-likeness (QED) is 0.586. The number of hydrogen-bond acceptors (Lipinski definition) is 1. The topological polar surface area (TPSA) is 12.9 Å². The third-order valence-electron chi connectivity index (χ3n) is 3.70. The summed E-state index contributed by atoms with van der Waals surface area (Å²) in [5.41, 5.74) is 3.77. The Morgan fingerprint density at radius 1 is 0.800 bits per heavy atom. The highest BCUT2D eigenvalue weighted by atomic mass is 14.7. The number of hydrogen-bond donors (Lipinski definition) is 0. The highest BCUT2D eigenvalue weighted by Gasteiger charge is 2.13. The minimum absolute atomic E-state index is 0.185. The van der Waals surface area contributed by atoms with Crippen molar-refractivity contribution in [2.75, 3.05) is 0 Å². The van der Waals surface area contributed by atoms with Gasteiger partial charge in [-0.25, -0.2) is 0 Å². The van der Waals surface area contributed by atoms with Crippen molar-refractivity contribution in [3.8, 4) is 11.3 Å². The van der Waals surface area contributed by atoms with Crippen molar-refractivity contribution in [2.45, 2.75) is 26.2 Å². The van der Waals surface area contributed by atoms with E-state index in [2.05, 4.69) is 80.4 Å². The molecule has 3 aromatic rings. The molecule has 100 valence electrons. The van der Waals surface area contributed by atoms with Gasteiger partial charge >= 0.3 is 0 Å². The number of aromatic nitrogens is 1. The summed E-state index contributed by atoms with van der Waals surface area (Å²) in [7, 11) is 0. The standard InChI is InChI=1S/C19H19N/c1-19(2,3)16-10-8-15(9-11-16)18-17-7-5-4-6-14(17)12-13-20-18/h4-13H,1-3H3. The molecule has 1 heterocycles. The fourth-order valence-electron chi connectivity index (χ4n) is 2.48. The van der Waals surface area contributed by atoms with Crippen LogP contribution in [0.2, 0.25) is 0 Å². The maximum atomic E-state index is 4.57. The highest BCUT2D eigenvalue weighted by Crippen LogP contribution is 2.29. The molecule has 2 aromatic carbocycles. The molecular weight excluding hydrogens is 242 g/mol. The van der Waals surface area contributed by atoms with Gasteiger partial charge in [-0.15, -0.1) is 0 Å². The lowest BCUT2D eigenvalue weighted by Crippen LogP contribution is -2.10. The van der Waals surface area contributed by atoms with Crippen molar-refractivity contribution in [1.29, 1.82) is 0 Å². The Kier molecular flexibility index (Phi) is 3.06. The van der Waals surface area contributed by atoms with Crippen molar-refractivity contribution in [1.82, 2.24) is 4.98 Å². The average Bonchev–Trinajstić information content (AvgIpc) is 2.46. The molecule has 0 bridgehead atoms. The van der Waals surface area contributed by atoms with Crippen LogP contribution >= 0.6 is 0 Å². The zero-order valence-corrected chi connectivity index (χ0v) is 12.2. The molecule has 0 unspecified atom stereocenters. The van der Waals surface area contributed by atoms with Crippen LogP contribution in [-0.2, 0) is 5.41 Å². The van der Waals surface area contributed by atoms with Gasteiger partial charge in [-0.3, -0.25) is 4.98 Å². The van der Waals surface area contributed by atoms with Crippen molar-refractivity contribution < 1.29 is 0 Å². The van der Waals surface area contributed by atoms with Crippen LogP contribution in [0.5, 0.6) is 0 Å². The van der Waals surface area contributed by atoms with E-state index >= 15 is 0 Å². The van der Waals surface area contributed by atoms with Crippen LogP contribution in [0.15, 0.2) is 60.8 Å². The van der Waals surface area contributed by atoms with E-state index < -0.39 is 0 Å². The Morgan fingerprint density at radius 3 is 2.20 bits per heavy atom. The monoisotopic (exact) mass is 261 g/mol. The molecule has 0 radical (unpaired) electrons. The molecule has 0 aliphatic heterocycles. The largest absolute Gasteiger partial charge is 0.256 e. The summed E-state index contributed by atoms with van der Waals surface area (Å²) >= 11 is 0. The van der Waals surface area contributed by atoms with E-state index in [4.69, 9.17) is 0 Å². The summed E-state index contributed by atoms with van der Waals surface area (Å²) in [6.07, 6.45) is 1.88. The summed E-state index contributed by atoms with van der Waals surface area (Å²) in [5.74, 6) is 0. The highest BCUT2D eigenvalue weighted by molar-refractivity contribution is 5.94. The number of fused-ring (bicyclic) bond motifs is 1. The molecule has 0 aliphatic carbocycles. The van der Waals surface area contributed by atoms with Crippen LogP contribution in [0.25, 0.3) is 22.0 Å². The summed E-state index contributed by atoms with van der Waals surface area (Å²) in [4.78, 5) is 4.57. The number of rotatable bonds is 1. The van der Waals surface area contributed by atoms with E-state index in [9.17, 15) is 0 Å². The number of nitrogens with zero attached hydrogens (tertiary/aromatic N) is 1. The van der Waals surface area contributed by atoms with E-state index in [0.717, 1.165) is 5.69 Å². The summed E-state index contributed by atoms with van der Waals surface area (Å²) in [5, 5.41) is 2.44. The van der Waals surface area contributed by atoms with Crippen LogP contribution in [0, 0.1) is 0 Å². The van der Waals surface area contributed by atoms with Gasteiger partial charge in [0, 0.05) is 17.1 Å². The molecule has 1 nitrogen and oxygen atoms in total. The summed E-state index contributed by atoms with van der Waals surface area (Å²) < 4.78 is 0. The fourth-order valence-corrected chi connectivity index (χ4v) is 2.48. The van der Waals surface area contributed by atoms with Gasteiger partial charge in [-0.05, 0) is 22.4 Å². The molecule has 0 atom stereocenters. The first-order chi connectivity index (χ1) is 9.55. The SMILES string of the molecule is CC(C)(C)c1ccc(-c2nccc3ccccc23)cc1. The minimum atomic E-state index is 0.185. The van der Waals surface area contributed by atoms with Crippen LogP contribution in [0.3, 0.4) is 0 Å². The van der Waals surface area contributed by atoms with E-state index in [1.54, 1.807) is 0 Å². The molecule has 20 heavy (non-hydrogen) atoms. The Morgan fingerprint density at radius 2 is 1.50 bits per heavy atom. The van der Waals surface area contributed by atoms with Crippen molar-refractivity contribution in [3.63, 3.8) is 0 Å². The molecule has 0 N–H and O–H groups in total. The molecule has 1 heteroatoms. The van der Waals surface area contributed by atoms with E-state index in [1.807, 2.05) is 6.20 Å². The normalized spacial score (nSPS) is 11.8. The second kappa shape index (κ2) is 4.75. The zero-order chi connectivity index (χ0) is 14.2. The van der Waals surface area contributed by atoms with E-state index in [0.29, 0.717) is 0 Å². The second-order valence-corrected chi connectivity index (χ2v) is 6.21. The third-order valence-corrected chi connectivity index (χ3v) is 3.70. The maximum Gasteiger partial charge on any atom is 0.0780 e. The Hall–Kier alpha value is -2.15. The van der Waals surface area contributed by atoms with Gasteiger partial charge in [0.15, 0.2) is 0 Å². The first-order valence-corrected chi connectivity index (χ1v) is 7.00. The van der Waals surface area contributed by atoms with Crippen LogP contribution in [-0.4, -0.2) is 4.98 Å². The summed E-state index contributed by atoms with van der Waals surface area (Å²) in [6.45, 7) is 6.70. The first-order valence-electron chi connectivity index (χ1n) is 7.00. The molecule has 1 aromatic heterocycles. The van der Waals surface area contributed by atoms with Gasteiger partial charge in [-0.2, -0.15) is 0 Å². The van der Waals surface area contributed by atoms with Crippen molar-refractivity contribution in [2.24, 2.45) is 0 Å². The molecule has 0 fully saturated rings. The molecular formula is C19H19N. The number of pyridine rings is 1. The van der Waals surface area contributed by atoms with Crippen molar-refractivity contribution >= 4 is 10.8 Å². The Labute approximate surface area is 120 Å². The average molecular weight is 261 g/mol. The van der Waals surface area contributed by atoms with Gasteiger partial charge in [0.25, 0.3) is 0 Å². The second-order valence-electron chi connectivity index (χ2n) is 6.21. The Balaban J connectivity index is 2.12. The molecule has 0 saturated heterocycles.